The predicted octanol–water partition coefficient (Wildman–Crippen LogP) is 2.35. The Morgan fingerprint density at radius 3 is 2.71 bits per heavy atom. The van der Waals surface area contributed by atoms with Crippen molar-refractivity contribution in [2.75, 3.05) is 18.3 Å². The second kappa shape index (κ2) is 6.25. The van der Waals surface area contributed by atoms with Crippen molar-refractivity contribution in [1.82, 2.24) is 0 Å². The van der Waals surface area contributed by atoms with Crippen LogP contribution in [0.5, 0.6) is 0 Å². The zero-order valence-electron chi connectivity index (χ0n) is 9.75. The standard InChI is InChI=1S/C12H14ClNO3/c1-8-9(12(16)17-2)4-3-5-10(8)14-11(15)6-7-13/h3-5H,6-7H2,1-2H3,(H,14,15). The molecule has 0 aliphatic carbocycles. The summed E-state index contributed by atoms with van der Waals surface area (Å²) >= 11 is 5.47. The second-order valence-electron chi connectivity index (χ2n) is 3.46. The second-order valence-corrected chi connectivity index (χ2v) is 3.83. The molecule has 0 atom stereocenters. The van der Waals surface area contributed by atoms with Crippen molar-refractivity contribution in [2.45, 2.75) is 13.3 Å². The van der Waals surface area contributed by atoms with Crippen LogP contribution >= 0.6 is 11.6 Å². The third-order valence-electron chi connectivity index (χ3n) is 2.33. The zero-order chi connectivity index (χ0) is 12.8. The number of anilines is 1. The summed E-state index contributed by atoms with van der Waals surface area (Å²) in [7, 11) is 1.32. The lowest BCUT2D eigenvalue weighted by atomic mass is 10.1. The molecule has 0 aliphatic rings. The van der Waals surface area contributed by atoms with E-state index in [4.69, 9.17) is 11.6 Å². The Kier molecular flexibility index (Phi) is 4.97. The summed E-state index contributed by atoms with van der Waals surface area (Å²) in [6.07, 6.45) is 0.240. The van der Waals surface area contributed by atoms with Crippen molar-refractivity contribution < 1.29 is 14.3 Å². The third kappa shape index (κ3) is 3.46. The quantitative estimate of drug-likeness (QED) is 0.664. The summed E-state index contributed by atoms with van der Waals surface area (Å²) in [5, 5.41) is 2.70. The van der Waals surface area contributed by atoms with Gasteiger partial charge in [0.05, 0.1) is 12.7 Å². The van der Waals surface area contributed by atoms with E-state index >= 15 is 0 Å². The number of nitrogens with one attached hydrogen (secondary N) is 1. The molecular weight excluding hydrogens is 242 g/mol. The molecule has 1 rings (SSSR count). The molecule has 0 fully saturated rings. The Morgan fingerprint density at radius 1 is 1.41 bits per heavy atom. The Bertz CT molecular complexity index is 432. The highest BCUT2D eigenvalue weighted by Crippen LogP contribution is 2.19. The molecule has 0 unspecified atom stereocenters. The molecule has 0 aliphatic heterocycles. The van der Waals surface area contributed by atoms with E-state index < -0.39 is 5.97 Å². The molecule has 0 saturated heterocycles. The fourth-order valence-electron chi connectivity index (χ4n) is 1.40. The molecule has 0 bridgehead atoms. The number of carbonyl (C=O) groups is 2. The first kappa shape index (κ1) is 13.5. The summed E-state index contributed by atoms with van der Waals surface area (Å²) in [5.74, 6) is -0.331. The van der Waals surface area contributed by atoms with Crippen LogP contribution in [0.25, 0.3) is 0 Å². The molecule has 1 aromatic rings. The highest BCUT2D eigenvalue weighted by Gasteiger charge is 2.12. The Morgan fingerprint density at radius 2 is 2.12 bits per heavy atom. The molecule has 0 spiro atoms. The summed E-state index contributed by atoms with van der Waals surface area (Å²) in [6, 6.07) is 5.07. The molecule has 0 radical (unpaired) electrons. The van der Waals surface area contributed by atoms with Gasteiger partial charge in [0.2, 0.25) is 5.91 Å². The van der Waals surface area contributed by atoms with Crippen LogP contribution in [-0.4, -0.2) is 24.9 Å². The highest BCUT2D eigenvalue weighted by molar-refractivity contribution is 6.19. The normalized spacial score (nSPS) is 9.82. The van der Waals surface area contributed by atoms with Crippen LogP contribution < -0.4 is 5.32 Å². The van der Waals surface area contributed by atoms with Crippen molar-refractivity contribution in [3.05, 3.63) is 29.3 Å². The summed E-state index contributed by atoms with van der Waals surface area (Å²) in [4.78, 5) is 22.8. The molecule has 0 aromatic heterocycles. The number of carbonyl (C=O) groups excluding carboxylic acids is 2. The molecule has 92 valence electrons. The predicted molar refractivity (Wildman–Crippen MR) is 66.5 cm³/mol. The number of amides is 1. The minimum Gasteiger partial charge on any atom is -0.465 e. The van der Waals surface area contributed by atoms with Crippen molar-refractivity contribution in [1.29, 1.82) is 0 Å². The number of esters is 1. The van der Waals surface area contributed by atoms with Crippen molar-refractivity contribution in [3.8, 4) is 0 Å². The van der Waals surface area contributed by atoms with Crippen molar-refractivity contribution >= 4 is 29.2 Å². The number of hydrogen-bond donors (Lipinski definition) is 1. The molecule has 17 heavy (non-hydrogen) atoms. The van der Waals surface area contributed by atoms with Gasteiger partial charge in [0.1, 0.15) is 0 Å². The molecule has 0 heterocycles. The zero-order valence-corrected chi connectivity index (χ0v) is 10.5. The van der Waals surface area contributed by atoms with Gasteiger partial charge in [-0.2, -0.15) is 0 Å². The lowest BCUT2D eigenvalue weighted by Gasteiger charge is -2.10. The van der Waals surface area contributed by atoms with Crippen LogP contribution in [0, 0.1) is 6.92 Å². The molecule has 5 heteroatoms. The van der Waals surface area contributed by atoms with Crippen LogP contribution in [0.1, 0.15) is 22.3 Å². The fourth-order valence-corrected chi connectivity index (χ4v) is 1.57. The number of hydrogen-bond acceptors (Lipinski definition) is 3. The lowest BCUT2D eigenvalue weighted by Crippen LogP contribution is -2.14. The fraction of sp³-hybridized carbons (Fsp3) is 0.333. The topological polar surface area (TPSA) is 55.4 Å². The highest BCUT2D eigenvalue weighted by atomic mass is 35.5. The van der Waals surface area contributed by atoms with Crippen LogP contribution in [0.3, 0.4) is 0 Å². The number of rotatable bonds is 4. The van der Waals surface area contributed by atoms with E-state index in [2.05, 4.69) is 10.1 Å². The van der Waals surface area contributed by atoms with Gasteiger partial charge >= 0.3 is 5.97 Å². The molecule has 0 saturated carbocycles. The first-order chi connectivity index (χ1) is 8.10. The van der Waals surface area contributed by atoms with Gasteiger partial charge in [-0.15, -0.1) is 11.6 Å². The summed E-state index contributed by atoms with van der Waals surface area (Å²) in [6.45, 7) is 1.75. The molecule has 1 aromatic carbocycles. The lowest BCUT2D eigenvalue weighted by molar-refractivity contribution is -0.115. The average molecular weight is 256 g/mol. The summed E-state index contributed by atoms with van der Waals surface area (Å²) in [5.41, 5.74) is 1.72. The maximum atomic E-state index is 11.4. The minimum atomic E-state index is -0.420. The number of methoxy groups -OCH3 is 1. The molecule has 1 N–H and O–H groups in total. The van der Waals surface area contributed by atoms with E-state index in [1.165, 1.54) is 7.11 Å². The van der Waals surface area contributed by atoms with Gasteiger partial charge < -0.3 is 10.1 Å². The van der Waals surface area contributed by atoms with E-state index in [0.717, 1.165) is 0 Å². The first-order valence-electron chi connectivity index (χ1n) is 5.14. The SMILES string of the molecule is COC(=O)c1cccc(NC(=O)CCCl)c1C. The molecule has 4 nitrogen and oxygen atoms in total. The third-order valence-corrected chi connectivity index (χ3v) is 2.52. The van der Waals surface area contributed by atoms with E-state index in [1.54, 1.807) is 25.1 Å². The first-order valence-corrected chi connectivity index (χ1v) is 5.67. The van der Waals surface area contributed by atoms with Gasteiger partial charge in [-0.25, -0.2) is 4.79 Å². The Labute approximate surface area is 105 Å². The molecular formula is C12H14ClNO3. The van der Waals surface area contributed by atoms with E-state index in [1.807, 2.05) is 0 Å². The number of benzene rings is 1. The Balaban J connectivity index is 2.94. The number of alkyl halides is 1. The van der Waals surface area contributed by atoms with Crippen molar-refractivity contribution in [2.24, 2.45) is 0 Å². The molecule has 1 amide bonds. The van der Waals surface area contributed by atoms with Gasteiger partial charge in [0, 0.05) is 18.0 Å². The van der Waals surface area contributed by atoms with Gasteiger partial charge in [0.25, 0.3) is 0 Å². The minimum absolute atomic E-state index is 0.176. The van der Waals surface area contributed by atoms with E-state index in [-0.39, 0.29) is 18.2 Å². The Hall–Kier alpha value is -1.55. The monoisotopic (exact) mass is 255 g/mol. The van der Waals surface area contributed by atoms with Crippen LogP contribution in [0.4, 0.5) is 5.69 Å². The van der Waals surface area contributed by atoms with Gasteiger partial charge in [-0.05, 0) is 24.6 Å². The van der Waals surface area contributed by atoms with Crippen LogP contribution in [0.15, 0.2) is 18.2 Å². The van der Waals surface area contributed by atoms with Crippen molar-refractivity contribution in [3.63, 3.8) is 0 Å². The van der Waals surface area contributed by atoms with E-state index in [0.29, 0.717) is 16.8 Å². The van der Waals surface area contributed by atoms with Crippen LogP contribution in [-0.2, 0) is 9.53 Å². The van der Waals surface area contributed by atoms with Gasteiger partial charge in [-0.3, -0.25) is 4.79 Å². The van der Waals surface area contributed by atoms with Gasteiger partial charge in [-0.1, -0.05) is 6.07 Å². The smallest absolute Gasteiger partial charge is 0.338 e. The van der Waals surface area contributed by atoms with E-state index in [9.17, 15) is 9.59 Å². The van der Waals surface area contributed by atoms with Crippen LogP contribution in [0.2, 0.25) is 0 Å². The number of halogens is 1. The number of ether oxygens (including phenoxy) is 1. The average Bonchev–Trinajstić information content (AvgIpc) is 2.31. The maximum absolute atomic E-state index is 11.4. The summed E-state index contributed by atoms with van der Waals surface area (Å²) < 4.78 is 4.65. The largest absolute Gasteiger partial charge is 0.465 e. The maximum Gasteiger partial charge on any atom is 0.338 e. The van der Waals surface area contributed by atoms with Gasteiger partial charge in [0.15, 0.2) is 0 Å².